The molecule has 2 aromatic heterocycles. The number of ether oxygens (including phenoxy) is 1. The molecule has 4 heterocycles. The highest BCUT2D eigenvalue weighted by Gasteiger charge is 2.40. The number of aryl methyl sites for hydroxylation is 1. The van der Waals surface area contributed by atoms with Crippen LogP contribution in [0, 0.1) is 12.8 Å². The zero-order valence-corrected chi connectivity index (χ0v) is 12.8. The number of piperidine rings is 1. The second-order valence-corrected chi connectivity index (χ2v) is 6.29. The van der Waals surface area contributed by atoms with Gasteiger partial charge in [-0.2, -0.15) is 0 Å². The van der Waals surface area contributed by atoms with Gasteiger partial charge in [0.1, 0.15) is 17.7 Å². The van der Waals surface area contributed by atoms with Crippen molar-refractivity contribution in [3.63, 3.8) is 0 Å². The number of fused-ring (bicyclic) bond motifs is 1. The minimum atomic E-state index is 0.125. The molecule has 0 aliphatic carbocycles. The van der Waals surface area contributed by atoms with E-state index in [1.807, 2.05) is 31.3 Å². The summed E-state index contributed by atoms with van der Waals surface area (Å²) in [5, 5.41) is 0. The van der Waals surface area contributed by atoms with Gasteiger partial charge in [-0.1, -0.05) is 0 Å². The van der Waals surface area contributed by atoms with Crippen LogP contribution in [0.3, 0.4) is 0 Å². The second kappa shape index (κ2) is 5.82. The first-order chi connectivity index (χ1) is 10.8. The number of hydrogen-bond donors (Lipinski definition) is 0. The van der Waals surface area contributed by atoms with E-state index in [1.165, 1.54) is 6.42 Å². The number of furan rings is 1. The highest BCUT2D eigenvalue weighted by Crippen LogP contribution is 2.40. The van der Waals surface area contributed by atoms with Crippen LogP contribution in [-0.4, -0.2) is 34.1 Å². The van der Waals surface area contributed by atoms with Crippen LogP contribution in [0.15, 0.2) is 35.1 Å². The van der Waals surface area contributed by atoms with E-state index in [1.54, 1.807) is 6.26 Å². The van der Waals surface area contributed by atoms with Crippen molar-refractivity contribution < 1.29 is 9.15 Å². The molecule has 22 heavy (non-hydrogen) atoms. The van der Waals surface area contributed by atoms with Gasteiger partial charge in [-0.3, -0.25) is 4.90 Å². The molecule has 0 unspecified atom stereocenters. The lowest BCUT2D eigenvalue weighted by atomic mass is 9.91. The minimum Gasteiger partial charge on any atom is -0.468 e. The summed E-state index contributed by atoms with van der Waals surface area (Å²) < 4.78 is 11.7. The molecular weight excluding hydrogens is 278 g/mol. The summed E-state index contributed by atoms with van der Waals surface area (Å²) in [5.74, 6) is 2.49. The SMILES string of the molecule is Cc1nccc([C@H]2C[C@@H]3CCN(Cc4ccco4)C[C@H]3O2)n1. The fraction of sp³-hybridized carbons (Fsp3) is 0.529. The fourth-order valence-electron chi connectivity index (χ4n) is 3.61. The molecule has 2 aliphatic rings. The second-order valence-electron chi connectivity index (χ2n) is 6.29. The Morgan fingerprint density at radius 2 is 2.32 bits per heavy atom. The zero-order valence-electron chi connectivity index (χ0n) is 12.8. The minimum absolute atomic E-state index is 0.125. The normalized spacial score (nSPS) is 28.7. The van der Waals surface area contributed by atoms with Gasteiger partial charge in [-0.25, -0.2) is 9.97 Å². The van der Waals surface area contributed by atoms with Crippen LogP contribution in [0.1, 0.15) is 36.2 Å². The molecule has 116 valence electrons. The van der Waals surface area contributed by atoms with Gasteiger partial charge in [0.05, 0.1) is 24.6 Å². The molecule has 2 saturated heterocycles. The van der Waals surface area contributed by atoms with Crippen LogP contribution in [0.25, 0.3) is 0 Å². The van der Waals surface area contributed by atoms with E-state index in [9.17, 15) is 0 Å². The van der Waals surface area contributed by atoms with Gasteiger partial charge in [0.25, 0.3) is 0 Å². The van der Waals surface area contributed by atoms with Crippen molar-refractivity contribution in [2.24, 2.45) is 5.92 Å². The molecule has 0 spiro atoms. The molecule has 5 nitrogen and oxygen atoms in total. The van der Waals surface area contributed by atoms with Gasteiger partial charge in [-0.05, 0) is 50.4 Å². The monoisotopic (exact) mass is 299 g/mol. The summed E-state index contributed by atoms with van der Waals surface area (Å²) in [5.41, 5.74) is 1.03. The third-order valence-corrected chi connectivity index (χ3v) is 4.72. The number of rotatable bonds is 3. The van der Waals surface area contributed by atoms with Crippen LogP contribution < -0.4 is 0 Å². The van der Waals surface area contributed by atoms with Gasteiger partial charge in [0.2, 0.25) is 0 Å². The van der Waals surface area contributed by atoms with E-state index >= 15 is 0 Å². The highest BCUT2D eigenvalue weighted by molar-refractivity contribution is 5.09. The largest absolute Gasteiger partial charge is 0.468 e. The van der Waals surface area contributed by atoms with E-state index in [2.05, 4.69) is 14.9 Å². The molecular formula is C17H21N3O2. The van der Waals surface area contributed by atoms with Crippen molar-refractivity contribution >= 4 is 0 Å². The average Bonchev–Trinajstić information content (AvgIpc) is 3.16. The fourth-order valence-corrected chi connectivity index (χ4v) is 3.61. The molecule has 5 heteroatoms. The van der Waals surface area contributed by atoms with Crippen LogP contribution in [0.2, 0.25) is 0 Å². The Kier molecular flexibility index (Phi) is 3.68. The predicted molar refractivity (Wildman–Crippen MR) is 81.1 cm³/mol. The van der Waals surface area contributed by atoms with Gasteiger partial charge in [0, 0.05) is 12.7 Å². The lowest BCUT2D eigenvalue weighted by molar-refractivity contribution is -0.0120. The Bertz CT molecular complexity index is 629. The van der Waals surface area contributed by atoms with Gasteiger partial charge < -0.3 is 9.15 Å². The molecule has 2 aromatic rings. The summed E-state index contributed by atoms with van der Waals surface area (Å²) in [6, 6.07) is 5.96. The lowest BCUT2D eigenvalue weighted by Crippen LogP contribution is -2.41. The molecule has 3 atom stereocenters. The first-order valence-electron chi connectivity index (χ1n) is 7.97. The topological polar surface area (TPSA) is 51.4 Å². The predicted octanol–water partition coefficient (Wildman–Crippen LogP) is 2.73. The first-order valence-corrected chi connectivity index (χ1v) is 7.97. The Hall–Kier alpha value is -1.72. The standard InChI is InChI=1S/C17H21N3O2/c1-12-18-6-4-15(19-12)16-9-13-5-7-20(11-17(13)22-16)10-14-3-2-8-21-14/h2-4,6,8,13,16-17H,5,7,9-11H2,1H3/t13-,16+,17+/m0/s1. The van der Waals surface area contributed by atoms with Gasteiger partial charge in [0.15, 0.2) is 0 Å². The maximum atomic E-state index is 6.29. The maximum absolute atomic E-state index is 6.29. The van der Waals surface area contributed by atoms with Crippen LogP contribution in [0.5, 0.6) is 0 Å². The summed E-state index contributed by atoms with van der Waals surface area (Å²) in [4.78, 5) is 11.1. The van der Waals surface area contributed by atoms with Crippen molar-refractivity contribution in [3.05, 3.63) is 47.9 Å². The summed E-state index contributed by atoms with van der Waals surface area (Å²) in [6.45, 7) is 4.89. The van der Waals surface area contributed by atoms with Crippen molar-refractivity contribution in [1.82, 2.24) is 14.9 Å². The Morgan fingerprint density at radius 1 is 1.36 bits per heavy atom. The number of nitrogens with zero attached hydrogens (tertiary/aromatic N) is 3. The molecule has 2 aliphatic heterocycles. The molecule has 2 fully saturated rings. The van der Waals surface area contributed by atoms with Crippen LogP contribution in [-0.2, 0) is 11.3 Å². The lowest BCUT2D eigenvalue weighted by Gasteiger charge is -2.33. The number of aromatic nitrogens is 2. The molecule has 0 radical (unpaired) electrons. The summed E-state index contributed by atoms with van der Waals surface area (Å²) >= 11 is 0. The molecule has 4 rings (SSSR count). The third kappa shape index (κ3) is 2.78. The van der Waals surface area contributed by atoms with E-state index in [4.69, 9.17) is 9.15 Å². The van der Waals surface area contributed by atoms with E-state index in [0.29, 0.717) is 12.0 Å². The Balaban J connectivity index is 1.41. The quantitative estimate of drug-likeness (QED) is 0.872. The molecule has 0 bridgehead atoms. The molecule has 0 aromatic carbocycles. The van der Waals surface area contributed by atoms with E-state index in [0.717, 1.165) is 43.3 Å². The molecule has 0 saturated carbocycles. The number of likely N-dealkylation sites (tertiary alicyclic amines) is 1. The van der Waals surface area contributed by atoms with Gasteiger partial charge >= 0.3 is 0 Å². The smallest absolute Gasteiger partial charge is 0.125 e. The molecule has 0 amide bonds. The van der Waals surface area contributed by atoms with Gasteiger partial charge in [-0.15, -0.1) is 0 Å². The Labute approximate surface area is 130 Å². The zero-order chi connectivity index (χ0) is 14.9. The summed E-state index contributed by atoms with van der Waals surface area (Å²) in [6.07, 6.45) is 6.26. The third-order valence-electron chi connectivity index (χ3n) is 4.72. The van der Waals surface area contributed by atoms with Crippen LogP contribution >= 0.6 is 0 Å². The maximum Gasteiger partial charge on any atom is 0.125 e. The van der Waals surface area contributed by atoms with Crippen molar-refractivity contribution in [1.29, 1.82) is 0 Å². The first kappa shape index (κ1) is 13.9. The highest BCUT2D eigenvalue weighted by atomic mass is 16.5. The van der Waals surface area contributed by atoms with Crippen molar-refractivity contribution in [3.8, 4) is 0 Å². The van der Waals surface area contributed by atoms with E-state index in [-0.39, 0.29) is 6.10 Å². The number of hydrogen-bond acceptors (Lipinski definition) is 5. The Morgan fingerprint density at radius 3 is 3.14 bits per heavy atom. The van der Waals surface area contributed by atoms with E-state index < -0.39 is 0 Å². The average molecular weight is 299 g/mol. The van der Waals surface area contributed by atoms with Crippen LogP contribution in [0.4, 0.5) is 0 Å². The van der Waals surface area contributed by atoms with Crippen molar-refractivity contribution in [2.75, 3.05) is 13.1 Å². The van der Waals surface area contributed by atoms with Crippen molar-refractivity contribution in [2.45, 2.75) is 38.5 Å². The summed E-state index contributed by atoms with van der Waals surface area (Å²) in [7, 11) is 0. The molecule has 0 N–H and O–H groups in total.